The lowest BCUT2D eigenvalue weighted by Crippen LogP contribution is -2.39. The topological polar surface area (TPSA) is 101 Å². The number of methoxy groups -OCH3 is 5. The van der Waals surface area contributed by atoms with Gasteiger partial charge in [-0.25, -0.2) is 14.4 Å². The van der Waals surface area contributed by atoms with E-state index in [1.54, 1.807) is 17.0 Å². The number of carbonyl (C=O) groups is 3. The van der Waals surface area contributed by atoms with Crippen LogP contribution in [0.3, 0.4) is 0 Å². The minimum Gasteiger partial charge on any atom is -0.496 e. The Labute approximate surface area is 217 Å². The summed E-state index contributed by atoms with van der Waals surface area (Å²) in [5.41, 5.74) is 4.00. The maximum Gasteiger partial charge on any atom is 0.409 e. The summed E-state index contributed by atoms with van der Waals surface area (Å²) in [6.45, 7) is 4.83. The maximum atomic E-state index is 12.7. The minimum atomic E-state index is -0.498. The molecule has 0 saturated carbocycles. The first kappa shape index (κ1) is 27.8. The largest absolute Gasteiger partial charge is 0.496 e. The third-order valence-electron chi connectivity index (χ3n) is 6.97. The van der Waals surface area contributed by atoms with Crippen LogP contribution in [0, 0.1) is 19.8 Å². The fraction of sp³-hybridized carbons (Fsp3) is 0.464. The van der Waals surface area contributed by atoms with E-state index >= 15 is 0 Å². The van der Waals surface area contributed by atoms with Crippen LogP contribution in [-0.2, 0) is 14.2 Å². The normalized spacial score (nSPS) is 13.8. The molecule has 1 amide bonds. The molecule has 1 saturated heterocycles. The molecule has 1 fully saturated rings. The van der Waals surface area contributed by atoms with Gasteiger partial charge in [-0.15, -0.1) is 0 Å². The number of aryl methyl sites for hydroxylation is 2. The van der Waals surface area contributed by atoms with Crippen LogP contribution in [0.2, 0.25) is 0 Å². The van der Waals surface area contributed by atoms with Crippen LogP contribution < -0.4 is 9.47 Å². The van der Waals surface area contributed by atoms with E-state index in [0.29, 0.717) is 48.6 Å². The minimum absolute atomic E-state index is 0.109. The standard InChI is InChI=1S/C28H35NO8/c1-16-12-19(14-21(24(16)33-3)26(30)35-5)23(18-8-10-29(11-9-18)28(32)37-7)20-13-17(2)25(34-4)22(15-20)27(31)36-6/h12-15,18,23H,8-11H2,1-7H3. The van der Waals surface area contributed by atoms with E-state index in [1.807, 2.05) is 26.0 Å². The fourth-order valence-electron chi connectivity index (χ4n) is 5.31. The highest BCUT2D eigenvalue weighted by atomic mass is 16.5. The van der Waals surface area contributed by atoms with Gasteiger partial charge in [0, 0.05) is 19.0 Å². The van der Waals surface area contributed by atoms with Crippen molar-refractivity contribution in [3.63, 3.8) is 0 Å². The molecular formula is C28H35NO8. The van der Waals surface area contributed by atoms with Gasteiger partial charge in [-0.05, 0) is 67.0 Å². The molecule has 0 aromatic heterocycles. The van der Waals surface area contributed by atoms with Crippen LogP contribution in [-0.4, -0.2) is 71.6 Å². The van der Waals surface area contributed by atoms with Crippen LogP contribution in [0.25, 0.3) is 0 Å². The summed E-state index contributed by atoms with van der Waals surface area (Å²) < 4.78 is 26.0. The van der Waals surface area contributed by atoms with Crippen molar-refractivity contribution in [3.05, 3.63) is 57.6 Å². The SMILES string of the molecule is COC(=O)c1cc(C(c2cc(C)c(OC)c(C(=O)OC)c2)C2CCN(C(=O)OC)CC2)cc(C)c1OC. The number of hydrogen-bond acceptors (Lipinski definition) is 8. The third kappa shape index (κ3) is 5.65. The number of nitrogens with zero attached hydrogens (tertiary/aromatic N) is 1. The molecule has 1 aliphatic rings. The van der Waals surface area contributed by atoms with E-state index in [-0.39, 0.29) is 17.9 Å². The van der Waals surface area contributed by atoms with Crippen molar-refractivity contribution in [2.75, 3.05) is 48.6 Å². The Bertz CT molecular complexity index is 1090. The average Bonchev–Trinajstić information content (AvgIpc) is 2.91. The molecule has 0 spiro atoms. The van der Waals surface area contributed by atoms with Gasteiger partial charge >= 0.3 is 18.0 Å². The number of rotatable bonds is 7. The van der Waals surface area contributed by atoms with Crippen LogP contribution in [0.15, 0.2) is 24.3 Å². The highest BCUT2D eigenvalue weighted by Gasteiger charge is 2.33. The molecule has 1 aliphatic heterocycles. The Morgan fingerprint density at radius 2 is 1.16 bits per heavy atom. The summed E-state index contributed by atoms with van der Waals surface area (Å²) in [5.74, 6) is -0.171. The van der Waals surface area contributed by atoms with Crippen molar-refractivity contribution in [1.29, 1.82) is 0 Å². The lowest BCUT2D eigenvalue weighted by Gasteiger charge is -2.36. The number of likely N-dealkylation sites (tertiary alicyclic amines) is 1. The van der Waals surface area contributed by atoms with E-state index in [2.05, 4.69) is 0 Å². The first-order valence-corrected chi connectivity index (χ1v) is 12.1. The number of piperidine rings is 1. The van der Waals surface area contributed by atoms with E-state index in [4.69, 9.17) is 23.7 Å². The van der Waals surface area contributed by atoms with E-state index in [9.17, 15) is 14.4 Å². The molecule has 2 aromatic carbocycles. The second-order valence-electron chi connectivity index (χ2n) is 9.09. The van der Waals surface area contributed by atoms with Gasteiger partial charge in [0.15, 0.2) is 0 Å². The van der Waals surface area contributed by atoms with E-state index < -0.39 is 11.9 Å². The van der Waals surface area contributed by atoms with Gasteiger partial charge < -0.3 is 28.6 Å². The van der Waals surface area contributed by atoms with Gasteiger partial charge in [0.25, 0.3) is 0 Å². The molecule has 0 unspecified atom stereocenters. The zero-order chi connectivity index (χ0) is 27.3. The Hall–Kier alpha value is -3.75. The van der Waals surface area contributed by atoms with Crippen LogP contribution in [0.1, 0.15) is 61.7 Å². The predicted octanol–water partition coefficient (Wildman–Crippen LogP) is 4.50. The highest BCUT2D eigenvalue weighted by Crippen LogP contribution is 2.42. The van der Waals surface area contributed by atoms with Crippen molar-refractivity contribution < 1.29 is 38.1 Å². The van der Waals surface area contributed by atoms with Gasteiger partial charge in [-0.1, -0.05) is 12.1 Å². The number of hydrogen-bond donors (Lipinski definition) is 0. The summed E-state index contributed by atoms with van der Waals surface area (Å²) in [7, 11) is 7.08. The van der Waals surface area contributed by atoms with Gasteiger partial charge in [-0.2, -0.15) is 0 Å². The Morgan fingerprint density at radius 1 is 0.730 bits per heavy atom. The van der Waals surface area contributed by atoms with Crippen molar-refractivity contribution in [2.45, 2.75) is 32.6 Å². The summed E-state index contributed by atoms with van der Waals surface area (Å²) in [4.78, 5) is 39.1. The van der Waals surface area contributed by atoms with Gasteiger partial charge in [-0.3, -0.25) is 0 Å². The third-order valence-corrected chi connectivity index (χ3v) is 6.97. The summed E-state index contributed by atoms with van der Waals surface area (Å²) in [5, 5.41) is 0. The molecule has 200 valence electrons. The van der Waals surface area contributed by atoms with Crippen molar-refractivity contribution in [3.8, 4) is 11.5 Å². The molecule has 0 aliphatic carbocycles. The summed E-state index contributed by atoms with van der Waals surface area (Å²) in [6, 6.07) is 7.60. The second kappa shape index (κ2) is 12.0. The number of esters is 2. The molecule has 1 heterocycles. The van der Waals surface area contributed by atoms with Gasteiger partial charge in [0.2, 0.25) is 0 Å². The lowest BCUT2D eigenvalue weighted by molar-refractivity contribution is 0.0588. The van der Waals surface area contributed by atoms with Crippen LogP contribution in [0.4, 0.5) is 4.79 Å². The number of amides is 1. The zero-order valence-electron chi connectivity index (χ0n) is 22.5. The highest BCUT2D eigenvalue weighted by molar-refractivity contribution is 5.94. The maximum absolute atomic E-state index is 12.7. The molecule has 3 rings (SSSR count). The van der Waals surface area contributed by atoms with Gasteiger partial charge in [0.1, 0.15) is 22.6 Å². The van der Waals surface area contributed by atoms with Crippen molar-refractivity contribution in [2.24, 2.45) is 5.92 Å². The number of carbonyl (C=O) groups excluding carboxylic acids is 3. The van der Waals surface area contributed by atoms with Crippen LogP contribution in [0.5, 0.6) is 11.5 Å². The summed E-state index contributed by atoms with van der Waals surface area (Å²) in [6.07, 6.45) is 1.06. The number of ether oxygens (including phenoxy) is 5. The van der Waals surface area contributed by atoms with Crippen molar-refractivity contribution in [1.82, 2.24) is 4.90 Å². The second-order valence-corrected chi connectivity index (χ2v) is 9.09. The first-order valence-electron chi connectivity index (χ1n) is 12.1. The van der Waals surface area contributed by atoms with Crippen molar-refractivity contribution >= 4 is 18.0 Å². The predicted molar refractivity (Wildman–Crippen MR) is 137 cm³/mol. The smallest absolute Gasteiger partial charge is 0.409 e. The fourth-order valence-corrected chi connectivity index (χ4v) is 5.31. The number of benzene rings is 2. The zero-order valence-corrected chi connectivity index (χ0v) is 22.5. The monoisotopic (exact) mass is 513 g/mol. The molecule has 2 aromatic rings. The van der Waals surface area contributed by atoms with E-state index in [1.165, 1.54) is 35.5 Å². The Kier molecular flexibility index (Phi) is 9.02. The lowest BCUT2D eigenvalue weighted by atomic mass is 9.74. The molecule has 9 nitrogen and oxygen atoms in total. The molecule has 0 atom stereocenters. The molecule has 0 N–H and O–H groups in total. The average molecular weight is 514 g/mol. The molecule has 9 heteroatoms. The quantitative estimate of drug-likeness (QED) is 0.394. The Balaban J connectivity index is 2.20. The molecular weight excluding hydrogens is 478 g/mol. The van der Waals surface area contributed by atoms with Crippen LogP contribution >= 0.6 is 0 Å². The van der Waals surface area contributed by atoms with E-state index in [0.717, 1.165) is 22.3 Å². The first-order chi connectivity index (χ1) is 17.7. The molecule has 0 bridgehead atoms. The molecule has 37 heavy (non-hydrogen) atoms. The molecule has 0 radical (unpaired) electrons. The van der Waals surface area contributed by atoms with Gasteiger partial charge in [0.05, 0.1) is 35.5 Å². The summed E-state index contributed by atoms with van der Waals surface area (Å²) >= 11 is 0. The Morgan fingerprint density at radius 3 is 1.51 bits per heavy atom.